The van der Waals surface area contributed by atoms with Gasteiger partial charge in [0.15, 0.2) is 0 Å². The highest BCUT2D eigenvalue weighted by atomic mass is 19.1. The minimum atomic E-state index is -0.463. The topological polar surface area (TPSA) is 48.1 Å². The monoisotopic (exact) mass is 365 g/mol. The molecule has 0 bridgehead atoms. The molecule has 2 N–H and O–H groups in total. The smallest absolute Gasteiger partial charge is 0.318 e. The molecule has 2 heterocycles. The number of benzene rings is 2. The highest BCUT2D eigenvalue weighted by molar-refractivity contribution is 5.86. The molecular weight excluding hydrogens is 341 g/mol. The fraction of sp³-hybridized carbons (Fsp3) is 0.318. The zero-order valence-electron chi connectivity index (χ0n) is 15.6. The van der Waals surface area contributed by atoms with Crippen LogP contribution >= 0.6 is 0 Å². The number of hydrogen-bond donors (Lipinski definition) is 2. The molecule has 2 aromatic carbocycles. The van der Waals surface area contributed by atoms with E-state index in [4.69, 9.17) is 0 Å². The first-order valence-corrected chi connectivity index (χ1v) is 9.44. The Kier molecular flexibility index (Phi) is 4.60. The minimum absolute atomic E-state index is 0.152. The Bertz CT molecular complexity index is 979. The molecule has 0 saturated heterocycles. The van der Waals surface area contributed by atoms with E-state index in [9.17, 15) is 9.18 Å². The van der Waals surface area contributed by atoms with Gasteiger partial charge in [-0.2, -0.15) is 0 Å². The second kappa shape index (κ2) is 7.06. The Balaban J connectivity index is 1.81. The third-order valence-corrected chi connectivity index (χ3v) is 5.16. The van der Waals surface area contributed by atoms with Crippen molar-refractivity contribution in [3.8, 4) is 0 Å². The molecule has 1 aromatic heterocycles. The molecule has 1 unspecified atom stereocenters. The molecule has 5 heteroatoms. The molecule has 3 aromatic rings. The lowest BCUT2D eigenvalue weighted by molar-refractivity contribution is 0.177. The molecule has 140 valence electrons. The predicted molar refractivity (Wildman–Crippen MR) is 105 cm³/mol. The lowest BCUT2D eigenvalue weighted by atomic mass is 9.92. The van der Waals surface area contributed by atoms with Crippen molar-refractivity contribution in [2.45, 2.75) is 26.3 Å². The van der Waals surface area contributed by atoms with Crippen molar-refractivity contribution in [2.75, 3.05) is 13.1 Å². The second-order valence-corrected chi connectivity index (χ2v) is 7.51. The zero-order chi connectivity index (χ0) is 19.0. The maximum Gasteiger partial charge on any atom is 0.318 e. The van der Waals surface area contributed by atoms with Gasteiger partial charge in [-0.1, -0.05) is 50.2 Å². The van der Waals surface area contributed by atoms with Crippen LogP contribution in [-0.4, -0.2) is 29.0 Å². The Morgan fingerprint density at radius 2 is 1.96 bits per heavy atom. The van der Waals surface area contributed by atoms with Crippen molar-refractivity contribution in [3.05, 3.63) is 71.2 Å². The molecule has 2 amide bonds. The average Bonchev–Trinajstić information content (AvgIpc) is 3.04. The van der Waals surface area contributed by atoms with Crippen molar-refractivity contribution >= 4 is 16.9 Å². The summed E-state index contributed by atoms with van der Waals surface area (Å²) in [6.45, 7) is 5.26. The SMILES string of the molecule is CC(C)CNC(=O)N1CCc2c([nH]c3ccccc23)C1c1ccccc1F. The van der Waals surface area contributed by atoms with Crippen LogP contribution in [0.15, 0.2) is 48.5 Å². The molecule has 1 aliphatic heterocycles. The van der Waals surface area contributed by atoms with Gasteiger partial charge in [0, 0.05) is 35.2 Å². The Morgan fingerprint density at radius 3 is 2.74 bits per heavy atom. The van der Waals surface area contributed by atoms with Crippen LogP contribution in [0.3, 0.4) is 0 Å². The lowest BCUT2D eigenvalue weighted by Crippen LogP contribution is -2.47. The van der Waals surface area contributed by atoms with Gasteiger partial charge in [0.05, 0.1) is 0 Å². The van der Waals surface area contributed by atoms with Crippen LogP contribution in [0, 0.1) is 11.7 Å². The van der Waals surface area contributed by atoms with Gasteiger partial charge in [-0.15, -0.1) is 0 Å². The van der Waals surface area contributed by atoms with Crippen molar-refractivity contribution in [3.63, 3.8) is 0 Å². The number of aromatic nitrogens is 1. The molecule has 1 atom stereocenters. The lowest BCUT2D eigenvalue weighted by Gasteiger charge is -2.36. The van der Waals surface area contributed by atoms with E-state index in [1.807, 2.05) is 24.3 Å². The summed E-state index contributed by atoms with van der Waals surface area (Å²) in [7, 11) is 0. The summed E-state index contributed by atoms with van der Waals surface area (Å²) in [6.07, 6.45) is 0.749. The molecule has 0 aliphatic carbocycles. The maximum atomic E-state index is 14.7. The number of carbonyl (C=O) groups is 1. The third-order valence-electron chi connectivity index (χ3n) is 5.16. The number of rotatable bonds is 3. The summed E-state index contributed by atoms with van der Waals surface area (Å²) in [5.74, 6) is 0.0601. The summed E-state index contributed by atoms with van der Waals surface area (Å²) >= 11 is 0. The quantitative estimate of drug-likeness (QED) is 0.699. The molecular formula is C22H24FN3O. The maximum absolute atomic E-state index is 14.7. The molecule has 4 rings (SSSR count). The van der Waals surface area contributed by atoms with Crippen LogP contribution in [-0.2, 0) is 6.42 Å². The first kappa shape index (κ1) is 17.6. The summed E-state index contributed by atoms with van der Waals surface area (Å²) < 4.78 is 14.7. The summed E-state index contributed by atoms with van der Waals surface area (Å²) in [5.41, 5.74) is 3.62. The third kappa shape index (κ3) is 3.18. The van der Waals surface area contributed by atoms with Gasteiger partial charge < -0.3 is 15.2 Å². The Morgan fingerprint density at radius 1 is 1.22 bits per heavy atom. The van der Waals surface area contributed by atoms with Gasteiger partial charge in [0.2, 0.25) is 0 Å². The molecule has 4 nitrogen and oxygen atoms in total. The number of halogens is 1. The van der Waals surface area contributed by atoms with Crippen LogP contribution in [0.5, 0.6) is 0 Å². The molecule has 1 aliphatic rings. The fourth-order valence-corrected chi connectivity index (χ4v) is 3.87. The number of para-hydroxylation sites is 1. The van der Waals surface area contributed by atoms with Crippen LogP contribution in [0.4, 0.5) is 9.18 Å². The first-order chi connectivity index (χ1) is 13.1. The summed E-state index contributed by atoms with van der Waals surface area (Å²) in [5, 5.41) is 4.14. The van der Waals surface area contributed by atoms with Crippen molar-refractivity contribution < 1.29 is 9.18 Å². The van der Waals surface area contributed by atoms with E-state index in [2.05, 4.69) is 30.2 Å². The van der Waals surface area contributed by atoms with E-state index in [1.54, 1.807) is 17.0 Å². The predicted octanol–water partition coefficient (Wildman–Crippen LogP) is 4.62. The number of aromatic amines is 1. The van der Waals surface area contributed by atoms with Crippen LogP contribution in [0.25, 0.3) is 10.9 Å². The number of H-pyrrole nitrogens is 1. The van der Waals surface area contributed by atoms with Crippen LogP contribution in [0.1, 0.15) is 36.7 Å². The van der Waals surface area contributed by atoms with E-state index >= 15 is 0 Å². The highest BCUT2D eigenvalue weighted by Gasteiger charge is 2.35. The van der Waals surface area contributed by atoms with Gasteiger partial charge >= 0.3 is 6.03 Å². The zero-order valence-corrected chi connectivity index (χ0v) is 15.6. The van der Waals surface area contributed by atoms with E-state index in [0.717, 1.165) is 23.0 Å². The van der Waals surface area contributed by atoms with Crippen molar-refractivity contribution in [1.82, 2.24) is 15.2 Å². The van der Waals surface area contributed by atoms with E-state index < -0.39 is 6.04 Å². The molecule has 0 saturated carbocycles. The largest absolute Gasteiger partial charge is 0.356 e. The normalized spacial score (nSPS) is 16.6. The molecule has 0 spiro atoms. The number of urea groups is 1. The van der Waals surface area contributed by atoms with Gasteiger partial charge in [-0.05, 0) is 30.0 Å². The first-order valence-electron chi connectivity index (χ1n) is 9.44. The van der Waals surface area contributed by atoms with Crippen molar-refractivity contribution in [1.29, 1.82) is 0 Å². The van der Waals surface area contributed by atoms with Crippen LogP contribution in [0.2, 0.25) is 0 Å². The second-order valence-electron chi connectivity index (χ2n) is 7.51. The van der Waals surface area contributed by atoms with Gasteiger partial charge in [0.25, 0.3) is 0 Å². The van der Waals surface area contributed by atoms with Crippen LogP contribution < -0.4 is 5.32 Å². The molecule has 27 heavy (non-hydrogen) atoms. The van der Waals surface area contributed by atoms with Gasteiger partial charge in [-0.3, -0.25) is 0 Å². The van der Waals surface area contributed by atoms with E-state index in [-0.39, 0.29) is 11.8 Å². The van der Waals surface area contributed by atoms with Crippen molar-refractivity contribution in [2.24, 2.45) is 5.92 Å². The van der Waals surface area contributed by atoms with Gasteiger partial charge in [-0.25, -0.2) is 9.18 Å². The number of carbonyl (C=O) groups excluding carboxylic acids is 1. The number of nitrogens with zero attached hydrogens (tertiary/aromatic N) is 1. The standard InChI is InChI=1S/C22H24FN3O/c1-14(2)13-24-22(27)26-12-11-16-15-7-4-6-10-19(15)25-20(16)21(26)17-8-3-5-9-18(17)23/h3-10,14,21,25H,11-13H2,1-2H3,(H,24,27). The highest BCUT2D eigenvalue weighted by Crippen LogP contribution is 2.39. The number of nitrogens with one attached hydrogen (secondary N) is 2. The number of fused-ring (bicyclic) bond motifs is 3. The fourth-order valence-electron chi connectivity index (χ4n) is 3.87. The summed E-state index contributed by atoms with van der Waals surface area (Å²) in [4.78, 5) is 18.1. The number of amides is 2. The summed E-state index contributed by atoms with van der Waals surface area (Å²) in [6, 6.07) is 14.2. The van der Waals surface area contributed by atoms with E-state index in [0.29, 0.717) is 24.6 Å². The number of hydrogen-bond acceptors (Lipinski definition) is 1. The Labute approximate surface area is 158 Å². The minimum Gasteiger partial charge on any atom is -0.356 e. The van der Waals surface area contributed by atoms with E-state index in [1.165, 1.54) is 11.6 Å². The van der Waals surface area contributed by atoms with Gasteiger partial charge in [0.1, 0.15) is 11.9 Å². The average molecular weight is 365 g/mol. The molecule has 0 radical (unpaired) electrons. The molecule has 0 fully saturated rings. The Hall–Kier alpha value is -2.82.